The average molecular weight is 177 g/mol. The summed E-state index contributed by atoms with van der Waals surface area (Å²) in [5, 5.41) is 0. The second-order valence-electron chi connectivity index (χ2n) is 2.53. The largest absolute Gasteiger partial charge is 0.497 e. The van der Waals surface area contributed by atoms with Crippen LogP contribution in [0.2, 0.25) is 0 Å². The normalized spacial score (nSPS) is 10.2. The Morgan fingerprint density at radius 2 is 2.15 bits per heavy atom. The predicted molar refractivity (Wildman–Crippen MR) is 52.5 cm³/mol. The second-order valence-corrected chi connectivity index (χ2v) is 2.53. The minimum atomic E-state index is 0.616. The molecule has 0 aliphatic rings. The van der Waals surface area contributed by atoms with Crippen molar-refractivity contribution >= 4 is 18.0 Å². The minimum Gasteiger partial charge on any atom is -0.497 e. The fourth-order valence-corrected chi connectivity index (χ4v) is 1.01. The number of methoxy groups -OCH3 is 1. The predicted octanol–water partition coefficient (Wildman–Crippen LogP) is 1.49. The molecule has 0 spiro atoms. The quantitative estimate of drug-likeness (QED) is 0.432. The van der Waals surface area contributed by atoms with Gasteiger partial charge in [0, 0.05) is 11.8 Å². The van der Waals surface area contributed by atoms with E-state index >= 15 is 0 Å². The fourth-order valence-electron chi connectivity index (χ4n) is 1.01. The lowest BCUT2D eigenvalue weighted by atomic mass is 10.2. The summed E-state index contributed by atoms with van der Waals surface area (Å²) in [5.41, 5.74) is 7.07. The third kappa shape index (κ3) is 2.63. The molecule has 68 valence electrons. The van der Waals surface area contributed by atoms with Gasteiger partial charge in [0.25, 0.3) is 0 Å². The van der Waals surface area contributed by atoms with Crippen LogP contribution in [0.15, 0.2) is 24.3 Å². The molecular weight excluding hydrogens is 166 g/mol. The number of aldehydes is 1. The van der Waals surface area contributed by atoms with E-state index in [1.165, 1.54) is 6.08 Å². The Labute approximate surface area is 76.8 Å². The molecule has 2 N–H and O–H groups in total. The van der Waals surface area contributed by atoms with Crippen molar-refractivity contribution in [1.82, 2.24) is 0 Å². The van der Waals surface area contributed by atoms with Gasteiger partial charge in [-0.1, -0.05) is 6.08 Å². The Morgan fingerprint density at radius 3 is 2.77 bits per heavy atom. The second kappa shape index (κ2) is 4.30. The molecule has 0 radical (unpaired) electrons. The van der Waals surface area contributed by atoms with Gasteiger partial charge >= 0.3 is 0 Å². The van der Waals surface area contributed by atoms with E-state index < -0.39 is 0 Å². The van der Waals surface area contributed by atoms with Crippen LogP contribution in [0.25, 0.3) is 6.08 Å². The van der Waals surface area contributed by atoms with Crippen LogP contribution < -0.4 is 10.5 Å². The van der Waals surface area contributed by atoms with Crippen molar-refractivity contribution in [2.45, 2.75) is 0 Å². The number of anilines is 1. The van der Waals surface area contributed by atoms with E-state index in [9.17, 15) is 4.79 Å². The molecule has 0 unspecified atom stereocenters. The van der Waals surface area contributed by atoms with Crippen LogP contribution in [-0.4, -0.2) is 13.4 Å². The molecular formula is C10H11NO2. The summed E-state index contributed by atoms with van der Waals surface area (Å²) in [6.07, 6.45) is 3.80. The van der Waals surface area contributed by atoms with Gasteiger partial charge in [0.1, 0.15) is 12.0 Å². The highest BCUT2D eigenvalue weighted by Crippen LogP contribution is 2.19. The highest BCUT2D eigenvalue weighted by Gasteiger charge is 1.95. The molecule has 1 aromatic rings. The number of rotatable bonds is 3. The number of allylic oxidation sites excluding steroid dienone is 1. The van der Waals surface area contributed by atoms with Gasteiger partial charge in [-0.25, -0.2) is 0 Å². The van der Waals surface area contributed by atoms with E-state index in [2.05, 4.69) is 0 Å². The summed E-state index contributed by atoms with van der Waals surface area (Å²) < 4.78 is 5.01. The van der Waals surface area contributed by atoms with Gasteiger partial charge in [-0.15, -0.1) is 0 Å². The van der Waals surface area contributed by atoms with Crippen molar-refractivity contribution in [3.05, 3.63) is 29.8 Å². The molecule has 0 bridgehead atoms. The zero-order valence-corrected chi connectivity index (χ0v) is 7.36. The number of hydrogen-bond acceptors (Lipinski definition) is 3. The number of nitrogen functional groups attached to an aromatic ring is 1. The lowest BCUT2D eigenvalue weighted by molar-refractivity contribution is -0.104. The zero-order chi connectivity index (χ0) is 9.68. The molecule has 0 aliphatic heterocycles. The van der Waals surface area contributed by atoms with Crippen molar-refractivity contribution in [2.75, 3.05) is 12.8 Å². The maximum atomic E-state index is 10.1. The van der Waals surface area contributed by atoms with E-state index in [1.54, 1.807) is 31.4 Å². The first-order chi connectivity index (χ1) is 6.26. The topological polar surface area (TPSA) is 52.3 Å². The van der Waals surface area contributed by atoms with Gasteiger partial charge in [0.2, 0.25) is 0 Å². The molecule has 0 aliphatic carbocycles. The number of benzene rings is 1. The molecule has 0 heterocycles. The first kappa shape index (κ1) is 9.32. The van der Waals surface area contributed by atoms with Gasteiger partial charge in [-0.2, -0.15) is 0 Å². The van der Waals surface area contributed by atoms with Crippen molar-refractivity contribution < 1.29 is 9.53 Å². The number of carbonyl (C=O) groups is 1. The summed E-state index contributed by atoms with van der Waals surface area (Å²) >= 11 is 0. The number of carbonyl (C=O) groups excluding carboxylic acids is 1. The lowest BCUT2D eigenvalue weighted by Gasteiger charge is -2.02. The Balaban J connectivity index is 3.00. The third-order valence-electron chi connectivity index (χ3n) is 1.55. The maximum absolute atomic E-state index is 10.1. The molecule has 0 saturated heterocycles. The standard InChI is InChI=1S/C10H11NO2/c1-13-10-6-8(3-2-4-12)5-9(11)7-10/h2-7H,11H2,1H3. The fraction of sp³-hybridized carbons (Fsp3) is 0.100. The average Bonchev–Trinajstić information content (AvgIpc) is 2.14. The molecule has 0 atom stereocenters. The van der Waals surface area contributed by atoms with Gasteiger partial charge in [0.15, 0.2) is 0 Å². The van der Waals surface area contributed by atoms with Crippen LogP contribution >= 0.6 is 0 Å². The van der Waals surface area contributed by atoms with Crippen LogP contribution in [0.1, 0.15) is 5.56 Å². The van der Waals surface area contributed by atoms with E-state index in [0.717, 1.165) is 11.8 Å². The van der Waals surface area contributed by atoms with Gasteiger partial charge < -0.3 is 10.5 Å². The monoisotopic (exact) mass is 177 g/mol. The van der Waals surface area contributed by atoms with E-state index in [-0.39, 0.29) is 0 Å². The first-order valence-corrected chi connectivity index (χ1v) is 3.82. The summed E-state index contributed by atoms with van der Waals surface area (Å²) in [7, 11) is 1.57. The summed E-state index contributed by atoms with van der Waals surface area (Å²) in [6.45, 7) is 0. The van der Waals surface area contributed by atoms with Crippen LogP contribution in [-0.2, 0) is 4.79 Å². The smallest absolute Gasteiger partial charge is 0.142 e. The molecule has 3 nitrogen and oxygen atoms in total. The molecule has 0 amide bonds. The van der Waals surface area contributed by atoms with Crippen molar-refractivity contribution in [1.29, 1.82) is 0 Å². The first-order valence-electron chi connectivity index (χ1n) is 3.82. The number of hydrogen-bond donors (Lipinski definition) is 1. The molecule has 1 rings (SSSR count). The molecule has 13 heavy (non-hydrogen) atoms. The SMILES string of the molecule is COc1cc(N)cc(C=CC=O)c1. The number of ether oxygens (including phenoxy) is 1. The van der Waals surface area contributed by atoms with Crippen molar-refractivity contribution in [3.8, 4) is 5.75 Å². The van der Waals surface area contributed by atoms with Crippen LogP contribution in [0.4, 0.5) is 5.69 Å². The summed E-state index contributed by atoms with van der Waals surface area (Å²) in [6, 6.07) is 5.29. The van der Waals surface area contributed by atoms with Gasteiger partial charge in [-0.3, -0.25) is 4.79 Å². The van der Waals surface area contributed by atoms with E-state index in [1.807, 2.05) is 0 Å². The third-order valence-corrected chi connectivity index (χ3v) is 1.55. The minimum absolute atomic E-state index is 0.616. The van der Waals surface area contributed by atoms with Crippen molar-refractivity contribution in [3.63, 3.8) is 0 Å². The Morgan fingerprint density at radius 1 is 1.38 bits per heavy atom. The highest BCUT2D eigenvalue weighted by molar-refractivity contribution is 5.74. The zero-order valence-electron chi connectivity index (χ0n) is 7.36. The molecule has 0 aromatic heterocycles. The lowest BCUT2D eigenvalue weighted by Crippen LogP contribution is -1.89. The van der Waals surface area contributed by atoms with E-state index in [0.29, 0.717) is 11.4 Å². The molecule has 1 aromatic carbocycles. The maximum Gasteiger partial charge on any atom is 0.142 e. The van der Waals surface area contributed by atoms with Crippen molar-refractivity contribution in [2.24, 2.45) is 0 Å². The Hall–Kier alpha value is -1.77. The van der Waals surface area contributed by atoms with Crippen LogP contribution in [0.3, 0.4) is 0 Å². The Bertz CT molecular complexity index is 332. The van der Waals surface area contributed by atoms with Gasteiger partial charge in [-0.05, 0) is 23.8 Å². The summed E-state index contributed by atoms with van der Waals surface area (Å²) in [5.74, 6) is 0.686. The number of nitrogens with two attached hydrogens (primary N) is 1. The van der Waals surface area contributed by atoms with E-state index in [4.69, 9.17) is 10.5 Å². The molecule has 3 heteroatoms. The van der Waals surface area contributed by atoms with Crippen LogP contribution in [0, 0.1) is 0 Å². The Kier molecular flexibility index (Phi) is 3.09. The van der Waals surface area contributed by atoms with Crippen LogP contribution in [0.5, 0.6) is 5.75 Å². The van der Waals surface area contributed by atoms with Gasteiger partial charge in [0.05, 0.1) is 7.11 Å². The molecule has 0 fully saturated rings. The summed E-state index contributed by atoms with van der Waals surface area (Å²) in [4.78, 5) is 10.1. The molecule has 0 saturated carbocycles. The highest BCUT2D eigenvalue weighted by atomic mass is 16.5.